The van der Waals surface area contributed by atoms with Crippen molar-refractivity contribution in [3.8, 4) is 0 Å². The summed E-state index contributed by atoms with van der Waals surface area (Å²) in [7, 11) is 1.59. The van der Waals surface area contributed by atoms with Crippen LogP contribution in [0.2, 0.25) is 0 Å². The molecule has 0 aliphatic heterocycles. The fraction of sp³-hybridized carbons (Fsp3) is 0.368. The second-order valence-corrected chi connectivity index (χ2v) is 6.69. The van der Waals surface area contributed by atoms with Gasteiger partial charge in [0.15, 0.2) is 0 Å². The van der Waals surface area contributed by atoms with Gasteiger partial charge in [0.1, 0.15) is 0 Å². The Morgan fingerprint density at radius 3 is 2.62 bits per heavy atom. The van der Waals surface area contributed by atoms with Gasteiger partial charge in [-0.1, -0.05) is 12.1 Å². The number of carbonyl (C=O) groups is 3. The Balaban J connectivity index is 1.47. The maximum absolute atomic E-state index is 12.4. The van der Waals surface area contributed by atoms with Crippen LogP contribution < -0.4 is 10.6 Å². The minimum Gasteiger partial charge on any atom is -0.352 e. The average Bonchev–Trinajstić information content (AvgIpc) is 2.59. The standard InChI is InChI=1S/C19H22N4O3/c1-12(24)23(2)11-18(25)21-15-9-16(10-15)22-19(26)14-6-5-13-4-3-7-20-17(13)8-14/h3-8,15-16H,9-11H2,1-2H3,(H,21,25)(H,22,26). The number of rotatable bonds is 5. The first-order chi connectivity index (χ1) is 12.4. The third-order valence-corrected chi connectivity index (χ3v) is 4.62. The molecule has 0 saturated heterocycles. The van der Waals surface area contributed by atoms with E-state index in [1.165, 1.54) is 11.8 Å². The summed E-state index contributed by atoms with van der Waals surface area (Å²) in [6, 6.07) is 9.33. The summed E-state index contributed by atoms with van der Waals surface area (Å²) in [6.07, 6.45) is 3.08. The Morgan fingerprint density at radius 1 is 1.15 bits per heavy atom. The topological polar surface area (TPSA) is 91.4 Å². The Hall–Kier alpha value is -2.96. The van der Waals surface area contributed by atoms with E-state index in [0.29, 0.717) is 18.4 Å². The molecular formula is C19H22N4O3. The zero-order valence-corrected chi connectivity index (χ0v) is 14.9. The number of benzene rings is 1. The molecule has 26 heavy (non-hydrogen) atoms. The van der Waals surface area contributed by atoms with Gasteiger partial charge >= 0.3 is 0 Å². The third kappa shape index (κ3) is 4.17. The molecule has 1 aliphatic rings. The van der Waals surface area contributed by atoms with Gasteiger partial charge in [-0.25, -0.2) is 0 Å². The van der Waals surface area contributed by atoms with E-state index < -0.39 is 0 Å². The predicted molar refractivity (Wildman–Crippen MR) is 97.5 cm³/mol. The number of amides is 3. The molecule has 1 aromatic carbocycles. The Bertz CT molecular complexity index is 846. The third-order valence-electron chi connectivity index (χ3n) is 4.62. The van der Waals surface area contributed by atoms with Crippen LogP contribution >= 0.6 is 0 Å². The molecule has 1 fully saturated rings. The summed E-state index contributed by atoms with van der Waals surface area (Å²) < 4.78 is 0. The van der Waals surface area contributed by atoms with Gasteiger partial charge in [-0.3, -0.25) is 19.4 Å². The first-order valence-electron chi connectivity index (χ1n) is 8.59. The van der Waals surface area contributed by atoms with E-state index in [9.17, 15) is 14.4 Å². The van der Waals surface area contributed by atoms with E-state index in [0.717, 1.165) is 10.9 Å². The second-order valence-electron chi connectivity index (χ2n) is 6.69. The first kappa shape index (κ1) is 17.8. The molecule has 2 aromatic rings. The summed E-state index contributed by atoms with van der Waals surface area (Å²) >= 11 is 0. The molecule has 7 heteroatoms. The summed E-state index contributed by atoms with van der Waals surface area (Å²) in [5, 5.41) is 6.84. The molecule has 1 aromatic heterocycles. The lowest BCUT2D eigenvalue weighted by Crippen LogP contribution is -2.55. The van der Waals surface area contributed by atoms with Crippen LogP contribution in [0.3, 0.4) is 0 Å². The largest absolute Gasteiger partial charge is 0.352 e. The van der Waals surface area contributed by atoms with Crippen molar-refractivity contribution in [1.29, 1.82) is 0 Å². The highest BCUT2D eigenvalue weighted by Gasteiger charge is 2.31. The Morgan fingerprint density at radius 2 is 1.88 bits per heavy atom. The van der Waals surface area contributed by atoms with E-state index >= 15 is 0 Å². The maximum Gasteiger partial charge on any atom is 0.251 e. The molecule has 0 bridgehead atoms. The summed E-state index contributed by atoms with van der Waals surface area (Å²) in [5.74, 6) is -0.467. The molecule has 7 nitrogen and oxygen atoms in total. The van der Waals surface area contributed by atoms with Gasteiger partial charge in [0, 0.05) is 43.2 Å². The normalized spacial score (nSPS) is 18.7. The van der Waals surface area contributed by atoms with Crippen molar-refractivity contribution >= 4 is 28.6 Å². The second kappa shape index (κ2) is 7.51. The van der Waals surface area contributed by atoms with Gasteiger partial charge in [-0.15, -0.1) is 0 Å². The van der Waals surface area contributed by atoms with Crippen molar-refractivity contribution in [2.75, 3.05) is 13.6 Å². The van der Waals surface area contributed by atoms with Crippen LogP contribution in [0.1, 0.15) is 30.1 Å². The van der Waals surface area contributed by atoms with Crippen molar-refractivity contribution in [3.05, 3.63) is 42.1 Å². The summed E-state index contributed by atoms with van der Waals surface area (Å²) in [4.78, 5) is 41.0. The van der Waals surface area contributed by atoms with Crippen molar-refractivity contribution in [3.63, 3.8) is 0 Å². The first-order valence-corrected chi connectivity index (χ1v) is 8.59. The smallest absolute Gasteiger partial charge is 0.251 e. The predicted octanol–water partition coefficient (Wildman–Crippen LogP) is 1.09. The van der Waals surface area contributed by atoms with Crippen LogP contribution in [0.4, 0.5) is 0 Å². The maximum atomic E-state index is 12.4. The molecule has 0 spiro atoms. The minimum atomic E-state index is -0.182. The van der Waals surface area contributed by atoms with Crippen LogP contribution in [0.5, 0.6) is 0 Å². The quantitative estimate of drug-likeness (QED) is 0.841. The van der Waals surface area contributed by atoms with Crippen LogP contribution in [0, 0.1) is 0 Å². The monoisotopic (exact) mass is 354 g/mol. The van der Waals surface area contributed by atoms with Gasteiger partial charge in [-0.05, 0) is 31.0 Å². The summed E-state index contributed by atoms with van der Waals surface area (Å²) in [5.41, 5.74) is 1.36. The van der Waals surface area contributed by atoms with Crippen molar-refractivity contribution < 1.29 is 14.4 Å². The van der Waals surface area contributed by atoms with Gasteiger partial charge < -0.3 is 15.5 Å². The number of fused-ring (bicyclic) bond motifs is 1. The highest BCUT2D eigenvalue weighted by Crippen LogP contribution is 2.21. The molecule has 0 atom stereocenters. The lowest BCUT2D eigenvalue weighted by molar-refractivity contribution is -0.133. The lowest BCUT2D eigenvalue weighted by Gasteiger charge is -2.36. The molecule has 3 rings (SSSR count). The van der Waals surface area contributed by atoms with Crippen LogP contribution in [-0.2, 0) is 9.59 Å². The number of pyridine rings is 1. The fourth-order valence-corrected chi connectivity index (χ4v) is 2.93. The van der Waals surface area contributed by atoms with Crippen molar-refractivity contribution in [1.82, 2.24) is 20.5 Å². The van der Waals surface area contributed by atoms with Crippen LogP contribution in [0.25, 0.3) is 10.9 Å². The number of aromatic nitrogens is 1. The number of hydrogen-bond donors (Lipinski definition) is 2. The molecule has 3 amide bonds. The van der Waals surface area contributed by atoms with Gasteiger partial charge in [-0.2, -0.15) is 0 Å². The average molecular weight is 354 g/mol. The molecule has 136 valence electrons. The van der Waals surface area contributed by atoms with Crippen LogP contribution in [-0.4, -0.2) is 53.3 Å². The fourth-order valence-electron chi connectivity index (χ4n) is 2.93. The molecular weight excluding hydrogens is 332 g/mol. The Labute approximate surface area is 151 Å². The number of nitrogens with zero attached hydrogens (tertiary/aromatic N) is 2. The van der Waals surface area contributed by atoms with Gasteiger partial charge in [0.2, 0.25) is 11.8 Å². The van der Waals surface area contributed by atoms with Crippen molar-refractivity contribution in [2.45, 2.75) is 31.8 Å². The molecule has 2 N–H and O–H groups in total. The van der Waals surface area contributed by atoms with E-state index in [4.69, 9.17) is 0 Å². The van der Waals surface area contributed by atoms with E-state index in [1.807, 2.05) is 18.2 Å². The minimum absolute atomic E-state index is 0.0337. The van der Waals surface area contributed by atoms with Crippen molar-refractivity contribution in [2.24, 2.45) is 0 Å². The number of hydrogen-bond acceptors (Lipinski definition) is 4. The lowest BCUT2D eigenvalue weighted by atomic mass is 9.86. The van der Waals surface area contributed by atoms with Gasteiger partial charge in [0.05, 0.1) is 12.1 Å². The number of carbonyl (C=O) groups excluding carboxylic acids is 3. The Kier molecular flexibility index (Phi) is 5.16. The zero-order chi connectivity index (χ0) is 18.7. The molecule has 1 heterocycles. The van der Waals surface area contributed by atoms with Crippen LogP contribution in [0.15, 0.2) is 36.5 Å². The molecule has 0 unspecified atom stereocenters. The van der Waals surface area contributed by atoms with Gasteiger partial charge in [0.25, 0.3) is 5.91 Å². The number of nitrogens with one attached hydrogen (secondary N) is 2. The molecule has 1 aliphatic carbocycles. The highest BCUT2D eigenvalue weighted by molar-refractivity contribution is 5.98. The van der Waals surface area contributed by atoms with E-state index in [1.54, 1.807) is 25.4 Å². The van der Waals surface area contributed by atoms with E-state index in [-0.39, 0.29) is 36.3 Å². The molecule has 1 saturated carbocycles. The van der Waals surface area contributed by atoms with E-state index in [2.05, 4.69) is 15.6 Å². The summed E-state index contributed by atoms with van der Waals surface area (Å²) in [6.45, 7) is 1.47. The molecule has 0 radical (unpaired) electrons. The SMILES string of the molecule is CC(=O)N(C)CC(=O)NC1CC(NC(=O)c2ccc3cccnc3c2)C1. The number of likely N-dealkylation sites (N-methyl/N-ethyl adjacent to an activating group) is 1. The zero-order valence-electron chi connectivity index (χ0n) is 14.9. The highest BCUT2D eigenvalue weighted by atomic mass is 16.2.